The maximum Gasteiger partial charge on any atom is 0.267 e. The minimum Gasteiger partial charge on any atom is -0.341 e. The molecule has 8 heteroatoms. The van der Waals surface area contributed by atoms with Gasteiger partial charge in [-0.1, -0.05) is 48.2 Å². The minimum absolute atomic E-state index is 0.0555. The molecule has 7 nitrogen and oxygen atoms in total. The summed E-state index contributed by atoms with van der Waals surface area (Å²) in [5.41, 5.74) is 0.901. The number of rotatable bonds is 4. The van der Waals surface area contributed by atoms with Crippen LogP contribution in [0.2, 0.25) is 5.02 Å². The lowest BCUT2D eigenvalue weighted by atomic mass is 9.94. The number of hydrogen-bond acceptors (Lipinski definition) is 5. The largest absolute Gasteiger partial charge is 0.341 e. The molecule has 2 aromatic heterocycles. The lowest BCUT2D eigenvalue weighted by molar-refractivity contribution is -0.133. The predicted molar refractivity (Wildman–Crippen MR) is 106 cm³/mol. The summed E-state index contributed by atoms with van der Waals surface area (Å²) in [6.45, 7) is -0.0555. The van der Waals surface area contributed by atoms with Gasteiger partial charge in [-0.25, -0.2) is 4.98 Å². The maximum atomic E-state index is 13.0. The number of hydrogen-bond donors (Lipinski definition) is 0. The average molecular weight is 401 g/mol. The molecule has 1 aliphatic rings. The van der Waals surface area contributed by atoms with Gasteiger partial charge in [0.05, 0.1) is 0 Å². The number of carbonyl (C=O) groups is 1. The molecule has 146 valence electrons. The molecule has 0 bridgehead atoms. The van der Waals surface area contributed by atoms with Gasteiger partial charge in [0, 0.05) is 23.7 Å². The highest BCUT2D eigenvalue weighted by Gasteiger charge is 2.23. The van der Waals surface area contributed by atoms with Gasteiger partial charge in [-0.2, -0.15) is 0 Å². The number of halogens is 1. The van der Waals surface area contributed by atoms with Crippen LogP contribution in [0.4, 0.5) is 0 Å². The zero-order valence-corrected chi connectivity index (χ0v) is 16.4. The number of fused-ring (bicyclic) bond motifs is 1. The number of nitrogens with zero attached hydrogens (tertiary/aromatic N) is 4. The number of amides is 1. The van der Waals surface area contributed by atoms with Crippen molar-refractivity contribution in [1.82, 2.24) is 19.6 Å². The zero-order chi connectivity index (χ0) is 19.7. The Labute approximate surface area is 166 Å². The van der Waals surface area contributed by atoms with Crippen molar-refractivity contribution in [1.29, 1.82) is 0 Å². The molecule has 0 aliphatic heterocycles. The first-order chi connectivity index (χ1) is 13.5. The van der Waals surface area contributed by atoms with Crippen LogP contribution >= 0.6 is 11.6 Å². The van der Waals surface area contributed by atoms with Crippen molar-refractivity contribution in [3.8, 4) is 11.3 Å². The molecule has 0 N–H and O–H groups in total. The Morgan fingerprint density at radius 3 is 2.68 bits per heavy atom. The van der Waals surface area contributed by atoms with E-state index in [-0.39, 0.29) is 35.2 Å². The van der Waals surface area contributed by atoms with Crippen molar-refractivity contribution in [3.63, 3.8) is 0 Å². The fourth-order valence-corrected chi connectivity index (χ4v) is 3.85. The molecule has 1 saturated carbocycles. The van der Waals surface area contributed by atoms with Crippen molar-refractivity contribution in [3.05, 3.63) is 46.0 Å². The normalized spacial score (nSPS) is 15.1. The topological polar surface area (TPSA) is 81.2 Å². The molecule has 0 spiro atoms. The van der Waals surface area contributed by atoms with Gasteiger partial charge in [0.15, 0.2) is 0 Å². The quantitative estimate of drug-likeness (QED) is 0.669. The van der Waals surface area contributed by atoms with Gasteiger partial charge in [-0.05, 0) is 25.0 Å². The summed E-state index contributed by atoms with van der Waals surface area (Å²) < 4.78 is 6.53. The second kappa shape index (κ2) is 7.75. The lowest BCUT2D eigenvalue weighted by Gasteiger charge is -2.31. The molecule has 1 amide bonds. The molecule has 0 radical (unpaired) electrons. The van der Waals surface area contributed by atoms with Gasteiger partial charge in [-0.3, -0.25) is 14.2 Å². The third kappa shape index (κ3) is 3.54. The molecule has 4 rings (SSSR count). The summed E-state index contributed by atoms with van der Waals surface area (Å²) in [4.78, 5) is 31.7. The Hall–Kier alpha value is -2.67. The van der Waals surface area contributed by atoms with Crippen molar-refractivity contribution >= 4 is 28.6 Å². The molecule has 0 atom stereocenters. The molecule has 2 heterocycles. The molecule has 0 saturated heterocycles. The standard InChI is InChI=1S/C20H21ClN4O3/c1-24(15-5-3-2-4-6-15)16(26)11-25-12-22-19-17(20(25)27)18(23-28-19)13-7-9-14(21)10-8-13/h7-10,12,15H,2-6,11H2,1H3. The molecule has 3 aromatic rings. The van der Waals surface area contributed by atoms with Gasteiger partial charge in [0.2, 0.25) is 5.91 Å². The number of carbonyl (C=O) groups excluding carboxylic acids is 1. The van der Waals surface area contributed by atoms with Crippen LogP contribution in [0.25, 0.3) is 22.4 Å². The van der Waals surface area contributed by atoms with Crippen LogP contribution in [0.3, 0.4) is 0 Å². The van der Waals surface area contributed by atoms with E-state index < -0.39 is 0 Å². The van der Waals surface area contributed by atoms with E-state index in [4.69, 9.17) is 16.1 Å². The molecule has 1 aromatic carbocycles. The Balaban J connectivity index is 1.64. The van der Waals surface area contributed by atoms with Gasteiger partial charge in [0.1, 0.15) is 24.0 Å². The number of likely N-dealkylation sites (N-methyl/N-ethyl adjacent to an activating group) is 1. The van der Waals surface area contributed by atoms with Crippen LogP contribution < -0.4 is 5.56 Å². The van der Waals surface area contributed by atoms with Gasteiger partial charge in [0.25, 0.3) is 11.3 Å². The first-order valence-corrected chi connectivity index (χ1v) is 9.79. The van der Waals surface area contributed by atoms with Crippen molar-refractivity contribution in [2.75, 3.05) is 7.05 Å². The zero-order valence-electron chi connectivity index (χ0n) is 15.6. The minimum atomic E-state index is -0.346. The Morgan fingerprint density at radius 1 is 1.25 bits per heavy atom. The number of aromatic nitrogens is 3. The Bertz CT molecular complexity index is 1050. The lowest BCUT2D eigenvalue weighted by Crippen LogP contribution is -2.41. The summed E-state index contributed by atoms with van der Waals surface area (Å²) in [5.74, 6) is -0.0975. The molecular weight excluding hydrogens is 380 g/mol. The highest BCUT2D eigenvalue weighted by atomic mass is 35.5. The van der Waals surface area contributed by atoms with Gasteiger partial charge in [-0.15, -0.1) is 0 Å². The summed E-state index contributed by atoms with van der Waals surface area (Å²) in [7, 11) is 1.81. The van der Waals surface area contributed by atoms with E-state index in [0.29, 0.717) is 16.3 Å². The van der Waals surface area contributed by atoms with Crippen molar-refractivity contribution in [2.24, 2.45) is 0 Å². The second-order valence-corrected chi connectivity index (χ2v) is 7.63. The fraction of sp³-hybridized carbons (Fsp3) is 0.400. The van der Waals surface area contributed by atoms with Crippen molar-refractivity contribution in [2.45, 2.75) is 44.7 Å². The molecule has 1 fully saturated rings. The molecule has 28 heavy (non-hydrogen) atoms. The highest BCUT2D eigenvalue weighted by molar-refractivity contribution is 6.30. The third-order valence-corrected chi connectivity index (χ3v) is 5.65. The van der Waals surface area contributed by atoms with E-state index in [1.807, 2.05) is 7.05 Å². The van der Waals surface area contributed by atoms with E-state index in [0.717, 1.165) is 25.7 Å². The van der Waals surface area contributed by atoms with Crippen LogP contribution in [0.5, 0.6) is 0 Å². The smallest absolute Gasteiger partial charge is 0.267 e. The van der Waals surface area contributed by atoms with E-state index in [1.165, 1.54) is 17.3 Å². The SMILES string of the molecule is CN(C(=O)Cn1cnc2onc(-c3ccc(Cl)cc3)c2c1=O)C1CCCCC1. The van der Waals surface area contributed by atoms with E-state index in [1.54, 1.807) is 29.2 Å². The number of benzene rings is 1. The molecular formula is C20H21ClN4O3. The van der Waals surface area contributed by atoms with E-state index in [2.05, 4.69) is 10.1 Å². The molecule has 0 unspecified atom stereocenters. The Morgan fingerprint density at radius 2 is 1.96 bits per heavy atom. The van der Waals surface area contributed by atoms with Gasteiger partial charge < -0.3 is 9.42 Å². The summed E-state index contributed by atoms with van der Waals surface area (Å²) in [5, 5.41) is 4.84. The summed E-state index contributed by atoms with van der Waals surface area (Å²) >= 11 is 5.93. The van der Waals surface area contributed by atoms with Crippen LogP contribution in [0.1, 0.15) is 32.1 Å². The summed E-state index contributed by atoms with van der Waals surface area (Å²) in [6.07, 6.45) is 6.87. The maximum absolute atomic E-state index is 13.0. The molecule has 1 aliphatic carbocycles. The summed E-state index contributed by atoms with van der Waals surface area (Å²) in [6, 6.07) is 7.20. The first-order valence-electron chi connectivity index (χ1n) is 9.41. The fourth-order valence-electron chi connectivity index (χ4n) is 3.73. The van der Waals surface area contributed by atoms with Crippen LogP contribution in [0.15, 0.2) is 39.9 Å². The average Bonchev–Trinajstić information content (AvgIpc) is 3.15. The monoisotopic (exact) mass is 400 g/mol. The third-order valence-electron chi connectivity index (χ3n) is 5.40. The van der Waals surface area contributed by atoms with Crippen LogP contribution in [-0.4, -0.2) is 38.6 Å². The first kappa shape index (κ1) is 18.7. The van der Waals surface area contributed by atoms with Gasteiger partial charge >= 0.3 is 0 Å². The van der Waals surface area contributed by atoms with E-state index >= 15 is 0 Å². The van der Waals surface area contributed by atoms with E-state index in [9.17, 15) is 9.59 Å². The van der Waals surface area contributed by atoms with Crippen LogP contribution in [0, 0.1) is 0 Å². The predicted octanol–water partition coefficient (Wildman–Crippen LogP) is 3.50. The second-order valence-electron chi connectivity index (χ2n) is 7.19. The van der Waals surface area contributed by atoms with Crippen LogP contribution in [-0.2, 0) is 11.3 Å². The Kier molecular flexibility index (Phi) is 5.17. The van der Waals surface area contributed by atoms with Crippen molar-refractivity contribution < 1.29 is 9.32 Å². The highest BCUT2D eigenvalue weighted by Crippen LogP contribution is 2.26.